The molecule has 0 aliphatic carbocycles. The predicted octanol–water partition coefficient (Wildman–Crippen LogP) is 2.33. The molecule has 0 saturated carbocycles. The topological polar surface area (TPSA) is 54.0 Å². The number of likely N-dealkylation sites (N-methyl/N-ethyl adjacent to an activating group) is 1. The second-order valence-electron chi connectivity index (χ2n) is 7.21. The van der Waals surface area contributed by atoms with Crippen LogP contribution in [-0.2, 0) is 18.3 Å². The van der Waals surface area contributed by atoms with Crippen molar-refractivity contribution in [2.24, 2.45) is 12.0 Å². The van der Waals surface area contributed by atoms with Crippen LogP contribution in [0.2, 0.25) is 5.02 Å². The molecule has 1 saturated heterocycles. The van der Waals surface area contributed by atoms with Crippen LogP contribution in [0.3, 0.4) is 0 Å². The number of amidine groups is 1. The lowest BCUT2D eigenvalue weighted by Gasteiger charge is -2.26. The summed E-state index contributed by atoms with van der Waals surface area (Å²) >= 11 is 8.99. The first kappa shape index (κ1) is 22.7. The van der Waals surface area contributed by atoms with Crippen LogP contribution in [0.15, 0.2) is 52.5 Å². The van der Waals surface area contributed by atoms with Gasteiger partial charge >= 0.3 is 5.82 Å². The van der Waals surface area contributed by atoms with Gasteiger partial charge in [-0.1, -0.05) is 17.7 Å². The summed E-state index contributed by atoms with van der Waals surface area (Å²) in [4.78, 5) is 22.1. The van der Waals surface area contributed by atoms with Gasteiger partial charge in [0.25, 0.3) is 10.7 Å². The van der Waals surface area contributed by atoms with E-state index < -0.39 is 0 Å². The summed E-state index contributed by atoms with van der Waals surface area (Å²) in [5.74, 6) is 0.785. The Kier molecular flexibility index (Phi) is 6.78. The third-order valence-corrected chi connectivity index (χ3v) is 7.70. The highest BCUT2D eigenvalue weighted by Gasteiger charge is 2.28. The minimum Gasteiger partial charge on any atom is -0.463 e. The molecular formula is C22H25ClN5O2S2+. The maximum Gasteiger partial charge on any atom is 0.326 e. The SMILES string of the molecule is CCN1CO/C(=c2/s/c(=C3/C=CC=CN3C)c(=O)n2CC)SC1=Nc1ccc(Cl)c[n+]1C. The van der Waals surface area contributed by atoms with Crippen molar-refractivity contribution in [3.8, 4) is 0 Å². The lowest BCUT2D eigenvalue weighted by atomic mass is 10.3. The van der Waals surface area contributed by atoms with E-state index in [1.54, 1.807) is 4.57 Å². The fraction of sp³-hybridized carbons (Fsp3) is 0.318. The fourth-order valence-corrected chi connectivity index (χ4v) is 5.90. The molecule has 0 amide bonds. The summed E-state index contributed by atoms with van der Waals surface area (Å²) in [7, 11) is 3.86. The Hall–Kier alpha value is -2.49. The average Bonchev–Trinajstić information content (AvgIpc) is 3.12. The molecule has 0 radical (unpaired) electrons. The van der Waals surface area contributed by atoms with E-state index in [2.05, 4.69) is 11.8 Å². The molecule has 4 heterocycles. The molecule has 0 unspecified atom stereocenters. The molecule has 2 aliphatic heterocycles. The number of hydrogen-bond donors (Lipinski definition) is 0. The molecule has 0 N–H and O–H groups in total. The Balaban J connectivity index is 1.86. The molecule has 0 atom stereocenters. The second-order valence-corrected chi connectivity index (χ2v) is 9.59. The molecule has 0 spiro atoms. The van der Waals surface area contributed by atoms with E-state index in [4.69, 9.17) is 21.3 Å². The second kappa shape index (κ2) is 9.56. The fourth-order valence-electron chi connectivity index (χ4n) is 3.34. The smallest absolute Gasteiger partial charge is 0.326 e. The van der Waals surface area contributed by atoms with E-state index in [9.17, 15) is 4.79 Å². The van der Waals surface area contributed by atoms with Crippen LogP contribution in [0.25, 0.3) is 10.8 Å². The van der Waals surface area contributed by atoms with Crippen LogP contribution < -0.4 is 19.3 Å². The highest BCUT2D eigenvalue weighted by Crippen LogP contribution is 2.29. The van der Waals surface area contributed by atoms with Crippen LogP contribution in [0, 0.1) is 0 Å². The molecule has 2 aromatic rings. The summed E-state index contributed by atoms with van der Waals surface area (Å²) in [6, 6.07) is 3.71. The maximum atomic E-state index is 13.2. The van der Waals surface area contributed by atoms with Crippen molar-refractivity contribution >= 4 is 56.5 Å². The van der Waals surface area contributed by atoms with Crippen LogP contribution in [-0.4, -0.2) is 39.9 Å². The highest BCUT2D eigenvalue weighted by atomic mass is 35.5. The van der Waals surface area contributed by atoms with E-state index >= 15 is 0 Å². The average molecular weight is 491 g/mol. The number of aromatic nitrogens is 2. The number of aliphatic imine (C=N–C) groups is 1. The number of aryl methyl sites for hydroxylation is 1. The van der Waals surface area contributed by atoms with Crippen LogP contribution >= 0.6 is 34.7 Å². The van der Waals surface area contributed by atoms with Gasteiger partial charge in [-0.15, -0.1) is 11.3 Å². The number of halogens is 1. The van der Waals surface area contributed by atoms with Crippen LogP contribution in [0.5, 0.6) is 0 Å². The number of nitrogens with zero attached hydrogens (tertiary/aromatic N) is 5. The summed E-state index contributed by atoms with van der Waals surface area (Å²) in [6.45, 7) is 5.73. The van der Waals surface area contributed by atoms with E-state index in [0.29, 0.717) is 27.9 Å². The lowest BCUT2D eigenvalue weighted by Crippen LogP contribution is -2.38. The zero-order chi connectivity index (χ0) is 22.8. The molecule has 32 heavy (non-hydrogen) atoms. The van der Waals surface area contributed by atoms with Gasteiger partial charge < -0.3 is 9.64 Å². The summed E-state index contributed by atoms with van der Waals surface area (Å²) in [6.07, 6.45) is 9.62. The zero-order valence-electron chi connectivity index (χ0n) is 18.4. The van der Waals surface area contributed by atoms with Crippen molar-refractivity contribution in [3.63, 3.8) is 0 Å². The van der Waals surface area contributed by atoms with Gasteiger partial charge in [0.15, 0.2) is 11.8 Å². The van der Waals surface area contributed by atoms with Crippen molar-refractivity contribution in [1.29, 1.82) is 0 Å². The number of allylic oxidation sites excluding steroid dienone is 2. The molecule has 1 fully saturated rings. The monoisotopic (exact) mass is 490 g/mol. The quantitative estimate of drug-likeness (QED) is 0.618. The van der Waals surface area contributed by atoms with Gasteiger partial charge in [-0.2, -0.15) is 0 Å². The van der Waals surface area contributed by atoms with Gasteiger partial charge in [0.05, 0.1) is 17.8 Å². The van der Waals surface area contributed by atoms with Gasteiger partial charge in [0.1, 0.15) is 15.4 Å². The van der Waals surface area contributed by atoms with Gasteiger partial charge in [-0.25, -0.2) is 4.57 Å². The van der Waals surface area contributed by atoms with Crippen molar-refractivity contribution in [2.75, 3.05) is 20.3 Å². The maximum absolute atomic E-state index is 13.2. The van der Waals surface area contributed by atoms with Crippen molar-refractivity contribution in [1.82, 2.24) is 14.4 Å². The summed E-state index contributed by atoms with van der Waals surface area (Å²) < 4.78 is 11.3. The minimum atomic E-state index is -0.00786. The zero-order valence-corrected chi connectivity index (χ0v) is 20.8. The Bertz CT molecular complexity index is 1310. The molecule has 0 aromatic carbocycles. The molecular weight excluding hydrogens is 466 g/mol. The molecule has 7 nitrogen and oxygen atoms in total. The number of ether oxygens (including phenoxy) is 1. The molecule has 0 bridgehead atoms. The van der Waals surface area contributed by atoms with E-state index in [0.717, 1.165) is 27.9 Å². The first-order valence-electron chi connectivity index (χ1n) is 10.3. The molecule has 10 heteroatoms. The Morgan fingerprint density at radius 3 is 2.75 bits per heavy atom. The van der Waals surface area contributed by atoms with E-state index in [-0.39, 0.29) is 5.56 Å². The number of pyridine rings is 1. The van der Waals surface area contributed by atoms with Gasteiger partial charge in [-0.05, 0) is 37.1 Å². The number of thioether (sulfide) groups is 1. The third kappa shape index (κ3) is 4.37. The van der Waals surface area contributed by atoms with Gasteiger partial charge in [0.2, 0.25) is 0 Å². The van der Waals surface area contributed by atoms with Crippen molar-refractivity contribution < 1.29 is 9.30 Å². The number of rotatable bonds is 3. The molecule has 4 rings (SSSR count). The van der Waals surface area contributed by atoms with Gasteiger partial charge in [0, 0.05) is 44.2 Å². The molecule has 2 aliphatic rings. The van der Waals surface area contributed by atoms with E-state index in [1.807, 2.05) is 73.2 Å². The van der Waals surface area contributed by atoms with Crippen molar-refractivity contribution in [2.45, 2.75) is 20.4 Å². The van der Waals surface area contributed by atoms with E-state index in [1.165, 1.54) is 23.1 Å². The molecule has 168 valence electrons. The third-order valence-electron chi connectivity index (χ3n) is 5.13. The normalized spacial score (nSPS) is 20.8. The van der Waals surface area contributed by atoms with Crippen LogP contribution in [0.4, 0.5) is 5.82 Å². The standard InChI is InChI=1S/C22H25ClN5O2S2/c1-5-27-14-30-21(32-22(27)24-17-11-10-15(23)13-26(17)4)20-28(6-2)19(29)18(31-20)16-9-7-8-12-25(16)3/h7-13H,5-6,14H2,1-4H3/q+1/b18-16-,21-20-. The summed E-state index contributed by atoms with van der Waals surface area (Å²) in [5.41, 5.74) is 0.876. The summed E-state index contributed by atoms with van der Waals surface area (Å²) in [5, 5.41) is 2.17. The van der Waals surface area contributed by atoms with Crippen molar-refractivity contribution in [3.05, 3.63) is 67.3 Å². The highest BCUT2D eigenvalue weighted by molar-refractivity contribution is 8.21. The lowest BCUT2D eigenvalue weighted by molar-refractivity contribution is -0.658. The number of hydrogen-bond acceptors (Lipinski definition) is 6. The minimum absolute atomic E-state index is 0.00786. The number of thiazole rings is 1. The predicted molar refractivity (Wildman–Crippen MR) is 132 cm³/mol. The largest absolute Gasteiger partial charge is 0.463 e. The Morgan fingerprint density at radius 2 is 2.06 bits per heavy atom. The first-order chi connectivity index (χ1) is 15.4. The Morgan fingerprint density at radius 1 is 1.25 bits per heavy atom. The molecule has 2 aromatic heterocycles. The van der Waals surface area contributed by atoms with Gasteiger partial charge in [-0.3, -0.25) is 14.3 Å². The van der Waals surface area contributed by atoms with Crippen LogP contribution in [0.1, 0.15) is 13.8 Å². The first-order valence-corrected chi connectivity index (χ1v) is 12.3. The Labute approximate surface area is 199 Å².